The molecule has 20 heavy (non-hydrogen) atoms. The molecule has 4 nitrogen and oxygen atoms in total. The molecule has 0 bridgehead atoms. The van der Waals surface area contributed by atoms with Gasteiger partial charge in [0.1, 0.15) is 0 Å². The Kier molecular flexibility index (Phi) is 5.95. The Morgan fingerprint density at radius 1 is 1.45 bits per heavy atom. The third kappa shape index (κ3) is 4.87. The zero-order valence-corrected chi connectivity index (χ0v) is 11.9. The van der Waals surface area contributed by atoms with E-state index in [-0.39, 0.29) is 18.1 Å². The molecule has 0 fully saturated rings. The van der Waals surface area contributed by atoms with E-state index in [0.717, 1.165) is 12.0 Å². The number of carbonyl (C=O) groups is 1. The largest absolute Gasteiger partial charge is 0.396 e. The van der Waals surface area contributed by atoms with E-state index in [9.17, 15) is 4.79 Å². The molecule has 1 aromatic rings. The SMILES string of the molecule is CCC(C)(CCO)NC(=O)/C=C/c1ccc(C#N)cc1. The van der Waals surface area contributed by atoms with Crippen molar-refractivity contribution >= 4 is 12.0 Å². The maximum atomic E-state index is 11.9. The highest BCUT2D eigenvalue weighted by Gasteiger charge is 2.22. The Morgan fingerprint density at radius 3 is 2.60 bits per heavy atom. The molecule has 0 heterocycles. The molecule has 0 saturated carbocycles. The van der Waals surface area contributed by atoms with Gasteiger partial charge in [-0.15, -0.1) is 0 Å². The van der Waals surface area contributed by atoms with E-state index >= 15 is 0 Å². The molecule has 4 heteroatoms. The Balaban J connectivity index is 2.65. The fourth-order valence-electron chi connectivity index (χ4n) is 1.75. The lowest BCUT2D eigenvalue weighted by atomic mass is 9.95. The molecule has 0 aromatic heterocycles. The van der Waals surface area contributed by atoms with Crippen LogP contribution in [0.2, 0.25) is 0 Å². The Hall–Kier alpha value is -2.12. The minimum atomic E-state index is -0.388. The minimum absolute atomic E-state index is 0.0456. The maximum Gasteiger partial charge on any atom is 0.244 e. The molecule has 2 N–H and O–H groups in total. The molecule has 0 radical (unpaired) electrons. The third-order valence-electron chi connectivity index (χ3n) is 3.34. The molecule has 106 valence electrons. The van der Waals surface area contributed by atoms with Crippen LogP contribution in [0, 0.1) is 11.3 Å². The summed E-state index contributed by atoms with van der Waals surface area (Å²) in [6.07, 6.45) is 4.45. The summed E-state index contributed by atoms with van der Waals surface area (Å²) in [5.41, 5.74) is 1.06. The van der Waals surface area contributed by atoms with Crippen LogP contribution in [0.15, 0.2) is 30.3 Å². The van der Waals surface area contributed by atoms with Crippen LogP contribution >= 0.6 is 0 Å². The standard InChI is InChI=1S/C16H20N2O2/c1-3-16(2,10-11-19)18-15(20)9-8-13-4-6-14(12-17)7-5-13/h4-9,19H,3,10-11H2,1-2H3,(H,18,20)/b9-8+. The summed E-state index contributed by atoms with van der Waals surface area (Å²) in [7, 11) is 0. The number of amides is 1. The van der Waals surface area contributed by atoms with E-state index < -0.39 is 0 Å². The lowest BCUT2D eigenvalue weighted by molar-refractivity contribution is -0.118. The quantitative estimate of drug-likeness (QED) is 0.780. The van der Waals surface area contributed by atoms with Crippen LogP contribution in [0.4, 0.5) is 0 Å². The summed E-state index contributed by atoms with van der Waals surface area (Å²) in [4.78, 5) is 11.9. The molecule has 1 unspecified atom stereocenters. The number of hydrogen-bond acceptors (Lipinski definition) is 3. The van der Waals surface area contributed by atoms with E-state index in [1.807, 2.05) is 19.9 Å². The maximum absolute atomic E-state index is 11.9. The monoisotopic (exact) mass is 272 g/mol. The predicted molar refractivity (Wildman–Crippen MR) is 78.7 cm³/mol. The average Bonchev–Trinajstić information content (AvgIpc) is 2.46. The molecule has 0 aliphatic rings. The molecule has 1 aromatic carbocycles. The summed E-state index contributed by atoms with van der Waals surface area (Å²) in [5.74, 6) is -0.188. The van der Waals surface area contributed by atoms with E-state index in [1.54, 1.807) is 30.3 Å². The first-order chi connectivity index (χ1) is 9.53. The highest BCUT2D eigenvalue weighted by atomic mass is 16.3. The number of nitrogens with one attached hydrogen (secondary N) is 1. The number of hydrogen-bond donors (Lipinski definition) is 2. The van der Waals surface area contributed by atoms with Crippen LogP contribution in [-0.4, -0.2) is 23.2 Å². The summed E-state index contributed by atoms with van der Waals surface area (Å²) >= 11 is 0. The third-order valence-corrected chi connectivity index (χ3v) is 3.34. The first-order valence-electron chi connectivity index (χ1n) is 6.64. The van der Waals surface area contributed by atoms with Gasteiger partial charge in [0, 0.05) is 18.2 Å². The van der Waals surface area contributed by atoms with Crippen molar-refractivity contribution in [1.82, 2.24) is 5.32 Å². The van der Waals surface area contributed by atoms with Crippen LogP contribution in [-0.2, 0) is 4.79 Å². The summed E-state index contributed by atoms with van der Waals surface area (Å²) in [5, 5.41) is 20.6. The number of aliphatic hydroxyl groups excluding tert-OH is 1. The van der Waals surface area contributed by atoms with E-state index in [4.69, 9.17) is 10.4 Å². The minimum Gasteiger partial charge on any atom is -0.396 e. The van der Waals surface area contributed by atoms with Gasteiger partial charge in [0.25, 0.3) is 0 Å². The van der Waals surface area contributed by atoms with Crippen LogP contribution in [0.5, 0.6) is 0 Å². The molecule has 0 aliphatic carbocycles. The zero-order chi connectivity index (χ0) is 15.0. The number of nitriles is 1. The lowest BCUT2D eigenvalue weighted by Gasteiger charge is -2.28. The van der Waals surface area contributed by atoms with Gasteiger partial charge in [-0.1, -0.05) is 19.1 Å². The van der Waals surface area contributed by atoms with Crippen LogP contribution in [0.25, 0.3) is 6.08 Å². The second kappa shape index (κ2) is 7.46. The van der Waals surface area contributed by atoms with Gasteiger partial charge < -0.3 is 10.4 Å². The van der Waals surface area contributed by atoms with Gasteiger partial charge in [-0.2, -0.15) is 5.26 Å². The Bertz CT molecular complexity index is 514. The van der Waals surface area contributed by atoms with Gasteiger partial charge in [0.15, 0.2) is 0 Å². The normalized spacial score (nSPS) is 13.7. The van der Waals surface area contributed by atoms with E-state index in [2.05, 4.69) is 5.32 Å². The molecule has 1 atom stereocenters. The van der Waals surface area contributed by atoms with E-state index in [0.29, 0.717) is 12.0 Å². The van der Waals surface area contributed by atoms with Crippen molar-refractivity contribution in [3.63, 3.8) is 0 Å². The fourth-order valence-corrected chi connectivity index (χ4v) is 1.75. The second-order valence-electron chi connectivity index (χ2n) is 4.94. The first kappa shape index (κ1) is 15.9. The predicted octanol–water partition coefficient (Wildman–Crippen LogP) is 2.24. The molecular formula is C16H20N2O2. The molecule has 0 spiro atoms. The molecule has 1 amide bonds. The van der Waals surface area contributed by atoms with Gasteiger partial charge >= 0.3 is 0 Å². The van der Waals surface area contributed by atoms with Crippen molar-refractivity contribution in [1.29, 1.82) is 5.26 Å². The van der Waals surface area contributed by atoms with Crippen molar-refractivity contribution in [2.45, 2.75) is 32.2 Å². The van der Waals surface area contributed by atoms with Crippen molar-refractivity contribution in [2.75, 3.05) is 6.61 Å². The number of nitrogens with zero attached hydrogens (tertiary/aromatic N) is 1. The second-order valence-corrected chi connectivity index (χ2v) is 4.94. The molecular weight excluding hydrogens is 252 g/mol. The number of rotatable bonds is 6. The van der Waals surface area contributed by atoms with E-state index in [1.165, 1.54) is 6.08 Å². The highest BCUT2D eigenvalue weighted by molar-refractivity contribution is 5.92. The van der Waals surface area contributed by atoms with Gasteiger partial charge in [-0.3, -0.25) is 4.79 Å². The lowest BCUT2D eigenvalue weighted by Crippen LogP contribution is -2.45. The fraction of sp³-hybridized carbons (Fsp3) is 0.375. The smallest absolute Gasteiger partial charge is 0.244 e. The van der Waals surface area contributed by atoms with Gasteiger partial charge in [-0.05, 0) is 43.5 Å². The highest BCUT2D eigenvalue weighted by Crippen LogP contribution is 2.13. The van der Waals surface area contributed by atoms with Crippen LogP contribution < -0.4 is 5.32 Å². The van der Waals surface area contributed by atoms with Gasteiger partial charge in [-0.25, -0.2) is 0 Å². The van der Waals surface area contributed by atoms with Gasteiger partial charge in [0.2, 0.25) is 5.91 Å². The van der Waals surface area contributed by atoms with Crippen LogP contribution in [0.3, 0.4) is 0 Å². The van der Waals surface area contributed by atoms with Crippen molar-refractivity contribution in [3.05, 3.63) is 41.5 Å². The molecule has 0 aliphatic heterocycles. The zero-order valence-electron chi connectivity index (χ0n) is 11.9. The van der Waals surface area contributed by atoms with Crippen molar-refractivity contribution < 1.29 is 9.90 Å². The van der Waals surface area contributed by atoms with Crippen molar-refractivity contribution in [2.24, 2.45) is 0 Å². The van der Waals surface area contributed by atoms with Crippen LogP contribution in [0.1, 0.15) is 37.8 Å². The Morgan fingerprint density at radius 2 is 2.10 bits per heavy atom. The number of carbonyl (C=O) groups excluding carboxylic acids is 1. The topological polar surface area (TPSA) is 73.1 Å². The number of benzene rings is 1. The molecule has 0 saturated heterocycles. The summed E-state index contributed by atoms with van der Waals surface area (Å²) in [6, 6.07) is 9.03. The van der Waals surface area contributed by atoms with Crippen molar-refractivity contribution in [3.8, 4) is 6.07 Å². The number of aliphatic hydroxyl groups is 1. The summed E-state index contributed by atoms with van der Waals surface area (Å²) in [6.45, 7) is 3.93. The Labute approximate surface area is 119 Å². The molecule has 1 rings (SSSR count). The first-order valence-corrected chi connectivity index (χ1v) is 6.64. The summed E-state index contributed by atoms with van der Waals surface area (Å²) < 4.78 is 0. The average molecular weight is 272 g/mol. The van der Waals surface area contributed by atoms with Gasteiger partial charge in [0.05, 0.1) is 11.6 Å².